The summed E-state index contributed by atoms with van der Waals surface area (Å²) in [5.74, 6) is 0. The molecule has 16 heavy (non-hydrogen) atoms. The second-order valence-corrected chi connectivity index (χ2v) is 5.35. The molecule has 2 aromatic rings. The molecule has 0 bridgehead atoms. The van der Waals surface area contributed by atoms with Gasteiger partial charge in [0.15, 0.2) is 0 Å². The van der Waals surface area contributed by atoms with E-state index in [9.17, 15) is 0 Å². The number of benzene rings is 1. The Bertz CT molecular complexity index is 488. The van der Waals surface area contributed by atoms with Crippen LogP contribution in [-0.4, -0.2) is 10.1 Å². The fourth-order valence-corrected chi connectivity index (χ4v) is 3.15. The van der Waals surface area contributed by atoms with Crippen LogP contribution >= 0.6 is 11.3 Å². The molecule has 1 aliphatic rings. The molecule has 0 saturated heterocycles. The molecule has 82 valence electrons. The number of aromatic nitrogens is 1. The molecule has 1 aromatic heterocycles. The molecule has 2 nitrogen and oxygen atoms in total. The maximum absolute atomic E-state index is 9.08. The Balaban J connectivity index is 2.00. The van der Waals surface area contributed by atoms with Crippen LogP contribution in [-0.2, 0) is 12.0 Å². The number of hydrogen-bond acceptors (Lipinski definition) is 3. The van der Waals surface area contributed by atoms with E-state index in [1.54, 1.807) is 17.5 Å². The molecule has 1 heterocycles. The van der Waals surface area contributed by atoms with Crippen molar-refractivity contribution in [3.05, 3.63) is 52.0 Å². The standard InChI is InChI=1S/C13H13NOS/c15-9-11-8-14-12(16-11)13(6-7-13)10-4-2-1-3-5-10/h1-5,8,15H,6-7,9H2. The van der Waals surface area contributed by atoms with Crippen molar-refractivity contribution in [3.63, 3.8) is 0 Å². The molecule has 0 unspecified atom stereocenters. The predicted octanol–water partition coefficient (Wildman–Crippen LogP) is 2.72. The van der Waals surface area contributed by atoms with Crippen molar-refractivity contribution in [1.29, 1.82) is 0 Å². The van der Waals surface area contributed by atoms with E-state index in [1.165, 1.54) is 18.4 Å². The highest BCUT2D eigenvalue weighted by Gasteiger charge is 2.48. The molecule has 1 fully saturated rings. The second kappa shape index (κ2) is 3.68. The predicted molar refractivity (Wildman–Crippen MR) is 64.5 cm³/mol. The summed E-state index contributed by atoms with van der Waals surface area (Å²) < 4.78 is 0. The minimum absolute atomic E-state index is 0.0997. The number of aliphatic hydroxyl groups excluding tert-OH is 1. The summed E-state index contributed by atoms with van der Waals surface area (Å²) >= 11 is 1.64. The van der Waals surface area contributed by atoms with Crippen molar-refractivity contribution in [3.8, 4) is 0 Å². The monoisotopic (exact) mass is 231 g/mol. The lowest BCUT2D eigenvalue weighted by Gasteiger charge is -2.11. The Kier molecular flexibility index (Phi) is 2.30. The maximum atomic E-state index is 9.08. The fraction of sp³-hybridized carbons (Fsp3) is 0.308. The third kappa shape index (κ3) is 1.47. The van der Waals surface area contributed by atoms with Crippen molar-refractivity contribution in [2.75, 3.05) is 0 Å². The smallest absolute Gasteiger partial charge is 0.103 e. The van der Waals surface area contributed by atoms with Crippen LogP contribution in [0.25, 0.3) is 0 Å². The second-order valence-electron chi connectivity index (χ2n) is 4.24. The molecule has 3 heteroatoms. The Labute approximate surface area is 98.6 Å². The van der Waals surface area contributed by atoms with Gasteiger partial charge in [0.2, 0.25) is 0 Å². The van der Waals surface area contributed by atoms with E-state index in [2.05, 4.69) is 29.2 Å². The van der Waals surface area contributed by atoms with Crippen LogP contribution in [0.2, 0.25) is 0 Å². The lowest BCUT2D eigenvalue weighted by atomic mass is 9.97. The molecular weight excluding hydrogens is 218 g/mol. The maximum Gasteiger partial charge on any atom is 0.103 e. The number of nitrogens with zero attached hydrogens (tertiary/aromatic N) is 1. The summed E-state index contributed by atoms with van der Waals surface area (Å²) in [6.45, 7) is 0.0997. The number of thiazole rings is 1. The normalized spacial score (nSPS) is 17.3. The van der Waals surface area contributed by atoms with Gasteiger partial charge in [0, 0.05) is 11.6 Å². The van der Waals surface area contributed by atoms with Gasteiger partial charge in [-0.1, -0.05) is 30.3 Å². The summed E-state index contributed by atoms with van der Waals surface area (Å²) in [5.41, 5.74) is 1.51. The number of rotatable bonds is 3. The van der Waals surface area contributed by atoms with Gasteiger partial charge in [-0.15, -0.1) is 11.3 Å². The minimum atomic E-state index is 0.0997. The van der Waals surface area contributed by atoms with Crippen molar-refractivity contribution >= 4 is 11.3 Å². The largest absolute Gasteiger partial charge is 0.391 e. The molecule has 1 saturated carbocycles. The van der Waals surface area contributed by atoms with Gasteiger partial charge in [0.05, 0.1) is 11.5 Å². The molecule has 1 N–H and O–H groups in total. The van der Waals surface area contributed by atoms with Crippen molar-refractivity contribution in [2.45, 2.75) is 24.9 Å². The third-order valence-electron chi connectivity index (χ3n) is 3.20. The fourth-order valence-electron chi connectivity index (χ4n) is 2.11. The third-order valence-corrected chi connectivity index (χ3v) is 4.38. The van der Waals surface area contributed by atoms with Gasteiger partial charge >= 0.3 is 0 Å². The average Bonchev–Trinajstić information content (AvgIpc) is 3.02. The lowest BCUT2D eigenvalue weighted by Crippen LogP contribution is -2.07. The van der Waals surface area contributed by atoms with Crippen molar-refractivity contribution in [2.24, 2.45) is 0 Å². The number of aliphatic hydroxyl groups is 1. The topological polar surface area (TPSA) is 33.1 Å². The zero-order valence-electron chi connectivity index (χ0n) is 8.89. The molecule has 1 aliphatic carbocycles. The average molecular weight is 231 g/mol. The van der Waals surface area contributed by atoms with Crippen LogP contribution in [0.5, 0.6) is 0 Å². The van der Waals surface area contributed by atoms with Crippen molar-refractivity contribution in [1.82, 2.24) is 4.98 Å². The van der Waals surface area contributed by atoms with Crippen molar-refractivity contribution < 1.29 is 5.11 Å². The highest BCUT2D eigenvalue weighted by Crippen LogP contribution is 2.54. The Morgan fingerprint density at radius 3 is 2.56 bits per heavy atom. The molecule has 0 atom stereocenters. The van der Waals surface area contributed by atoms with Crippen LogP contribution in [0, 0.1) is 0 Å². The first-order valence-corrected chi connectivity index (χ1v) is 6.28. The molecule has 1 aromatic carbocycles. The summed E-state index contributed by atoms with van der Waals surface area (Å²) in [6.07, 6.45) is 4.15. The highest BCUT2D eigenvalue weighted by molar-refractivity contribution is 7.11. The van der Waals surface area contributed by atoms with Gasteiger partial charge in [-0.05, 0) is 18.4 Å². The van der Waals surface area contributed by atoms with E-state index in [0.717, 1.165) is 9.88 Å². The summed E-state index contributed by atoms with van der Waals surface area (Å²) in [7, 11) is 0. The van der Waals surface area contributed by atoms with Gasteiger partial charge in [0.25, 0.3) is 0 Å². The number of hydrogen-bond donors (Lipinski definition) is 1. The van der Waals surface area contributed by atoms with Gasteiger partial charge in [-0.25, -0.2) is 4.98 Å². The molecular formula is C13H13NOS. The zero-order valence-corrected chi connectivity index (χ0v) is 9.70. The summed E-state index contributed by atoms with van der Waals surface area (Å²) in [6, 6.07) is 10.5. The first-order valence-electron chi connectivity index (χ1n) is 5.47. The minimum Gasteiger partial charge on any atom is -0.391 e. The van der Waals surface area contributed by atoms with Gasteiger partial charge in [0.1, 0.15) is 5.01 Å². The van der Waals surface area contributed by atoms with E-state index in [-0.39, 0.29) is 12.0 Å². The van der Waals surface area contributed by atoms with Crippen LogP contribution < -0.4 is 0 Å². The Morgan fingerprint density at radius 1 is 1.25 bits per heavy atom. The molecule has 0 spiro atoms. The van der Waals surface area contributed by atoms with E-state index >= 15 is 0 Å². The molecule has 3 rings (SSSR count). The summed E-state index contributed by atoms with van der Waals surface area (Å²) in [5, 5.41) is 10.2. The first-order chi connectivity index (χ1) is 7.85. The van der Waals surface area contributed by atoms with E-state index in [1.807, 2.05) is 6.07 Å². The zero-order chi connectivity index (χ0) is 11.0. The highest BCUT2D eigenvalue weighted by atomic mass is 32.1. The van der Waals surface area contributed by atoms with Crippen LogP contribution in [0.1, 0.15) is 28.3 Å². The van der Waals surface area contributed by atoms with Crippen LogP contribution in [0.3, 0.4) is 0 Å². The summed E-state index contributed by atoms with van der Waals surface area (Å²) in [4.78, 5) is 5.41. The Hall–Kier alpha value is -1.19. The van der Waals surface area contributed by atoms with Crippen LogP contribution in [0.15, 0.2) is 36.5 Å². The quantitative estimate of drug-likeness (QED) is 0.881. The molecule has 0 aliphatic heterocycles. The van der Waals surface area contributed by atoms with E-state index in [4.69, 9.17) is 5.11 Å². The lowest BCUT2D eigenvalue weighted by molar-refractivity contribution is 0.285. The molecule has 0 amide bonds. The van der Waals surface area contributed by atoms with E-state index < -0.39 is 0 Å². The van der Waals surface area contributed by atoms with Gasteiger partial charge < -0.3 is 5.11 Å². The Morgan fingerprint density at radius 2 is 2.00 bits per heavy atom. The van der Waals surface area contributed by atoms with E-state index in [0.29, 0.717) is 0 Å². The first kappa shape index (κ1) is 10.00. The van der Waals surface area contributed by atoms with Gasteiger partial charge in [-0.2, -0.15) is 0 Å². The SMILES string of the molecule is OCc1cnc(C2(c3ccccc3)CC2)s1. The van der Waals surface area contributed by atoms with Gasteiger partial charge in [-0.3, -0.25) is 0 Å². The van der Waals surface area contributed by atoms with Crippen LogP contribution in [0.4, 0.5) is 0 Å². The molecule has 0 radical (unpaired) electrons.